The van der Waals surface area contributed by atoms with Crippen molar-refractivity contribution >= 4 is 0 Å². The van der Waals surface area contributed by atoms with Crippen molar-refractivity contribution in [3.63, 3.8) is 0 Å². The Morgan fingerprint density at radius 3 is 2.50 bits per heavy atom. The molecular weight excluding hydrogens is 274 g/mol. The maximum Gasteiger partial charge on any atom is 0.134 e. The van der Waals surface area contributed by atoms with Gasteiger partial charge in [0.05, 0.1) is 12.6 Å². The number of benzene rings is 1. The van der Waals surface area contributed by atoms with Gasteiger partial charge in [-0.05, 0) is 37.5 Å². The first-order valence-electron chi connectivity index (χ1n) is 8.33. The highest BCUT2D eigenvalue weighted by Gasteiger charge is 2.13. The maximum absolute atomic E-state index is 9.55. The van der Waals surface area contributed by atoms with E-state index in [9.17, 15) is 5.11 Å². The van der Waals surface area contributed by atoms with Crippen molar-refractivity contribution in [3.8, 4) is 11.3 Å². The quantitative estimate of drug-likeness (QED) is 0.859. The average Bonchev–Trinajstić information content (AvgIpc) is 3.03. The first-order chi connectivity index (χ1) is 10.7. The van der Waals surface area contributed by atoms with Gasteiger partial charge in [-0.3, -0.25) is 0 Å². The van der Waals surface area contributed by atoms with E-state index in [-0.39, 0.29) is 0 Å². The normalized spacial score (nSPS) is 17.5. The third-order valence-corrected chi connectivity index (χ3v) is 4.51. The summed E-state index contributed by atoms with van der Waals surface area (Å²) in [5, 5.41) is 13.2. The predicted molar refractivity (Wildman–Crippen MR) is 88.5 cm³/mol. The molecule has 1 heterocycles. The highest BCUT2D eigenvalue weighted by molar-refractivity contribution is 5.58. The Morgan fingerprint density at radius 1 is 1.09 bits per heavy atom. The third kappa shape index (κ3) is 3.79. The Bertz CT molecular complexity index is 580. The molecule has 1 aliphatic carbocycles. The van der Waals surface area contributed by atoms with E-state index in [0.29, 0.717) is 6.04 Å². The van der Waals surface area contributed by atoms with Crippen LogP contribution in [0, 0.1) is 0 Å². The Labute approximate surface area is 132 Å². The molecule has 1 unspecified atom stereocenters. The molecule has 1 aromatic carbocycles. The molecule has 0 amide bonds. The SMILES string of the molecule is CC(O)c1ccc(-c2ccc(CNC3CCCCC3)o2)cc1. The van der Waals surface area contributed by atoms with E-state index >= 15 is 0 Å². The van der Waals surface area contributed by atoms with Crippen molar-refractivity contribution in [2.75, 3.05) is 0 Å². The second kappa shape index (κ2) is 7.12. The lowest BCUT2D eigenvalue weighted by molar-refractivity contribution is 0.199. The summed E-state index contributed by atoms with van der Waals surface area (Å²) in [7, 11) is 0. The van der Waals surface area contributed by atoms with Crippen LogP contribution in [-0.2, 0) is 6.54 Å². The summed E-state index contributed by atoms with van der Waals surface area (Å²) in [5.41, 5.74) is 1.97. The van der Waals surface area contributed by atoms with Crippen molar-refractivity contribution < 1.29 is 9.52 Å². The Hall–Kier alpha value is -1.58. The van der Waals surface area contributed by atoms with Gasteiger partial charge in [0.25, 0.3) is 0 Å². The Kier molecular flexibility index (Phi) is 4.96. The molecule has 2 N–H and O–H groups in total. The van der Waals surface area contributed by atoms with Gasteiger partial charge in [0, 0.05) is 11.6 Å². The molecule has 0 radical (unpaired) electrons. The van der Waals surface area contributed by atoms with E-state index < -0.39 is 6.10 Å². The number of hydrogen-bond acceptors (Lipinski definition) is 3. The van der Waals surface area contributed by atoms with Gasteiger partial charge in [0.1, 0.15) is 11.5 Å². The smallest absolute Gasteiger partial charge is 0.134 e. The summed E-state index contributed by atoms with van der Waals surface area (Å²) >= 11 is 0. The fourth-order valence-corrected chi connectivity index (χ4v) is 3.11. The number of rotatable bonds is 5. The molecule has 1 atom stereocenters. The summed E-state index contributed by atoms with van der Waals surface area (Å²) < 4.78 is 5.94. The van der Waals surface area contributed by atoms with Crippen molar-refractivity contribution in [2.45, 2.75) is 57.7 Å². The van der Waals surface area contributed by atoms with Crippen molar-refractivity contribution in [1.29, 1.82) is 0 Å². The molecular formula is C19H25NO2. The zero-order valence-electron chi connectivity index (χ0n) is 13.2. The second-order valence-corrected chi connectivity index (χ2v) is 6.28. The van der Waals surface area contributed by atoms with E-state index in [0.717, 1.165) is 29.2 Å². The molecule has 1 aliphatic rings. The molecule has 3 heteroatoms. The summed E-state index contributed by atoms with van der Waals surface area (Å²) in [6.45, 7) is 2.58. The fraction of sp³-hybridized carbons (Fsp3) is 0.474. The number of furan rings is 1. The summed E-state index contributed by atoms with van der Waals surface area (Å²) in [4.78, 5) is 0. The molecule has 2 aromatic rings. The number of nitrogens with one attached hydrogen (secondary N) is 1. The number of hydrogen-bond donors (Lipinski definition) is 2. The zero-order valence-corrected chi connectivity index (χ0v) is 13.2. The van der Waals surface area contributed by atoms with Crippen LogP contribution in [-0.4, -0.2) is 11.1 Å². The minimum Gasteiger partial charge on any atom is -0.460 e. The van der Waals surface area contributed by atoms with Crippen LogP contribution in [0.1, 0.15) is 56.5 Å². The second-order valence-electron chi connectivity index (χ2n) is 6.28. The maximum atomic E-state index is 9.55. The lowest BCUT2D eigenvalue weighted by atomic mass is 9.95. The van der Waals surface area contributed by atoms with E-state index in [1.165, 1.54) is 32.1 Å². The molecule has 0 spiro atoms. The molecule has 22 heavy (non-hydrogen) atoms. The average molecular weight is 299 g/mol. The van der Waals surface area contributed by atoms with Crippen molar-refractivity contribution in [3.05, 3.63) is 47.7 Å². The topological polar surface area (TPSA) is 45.4 Å². The Morgan fingerprint density at radius 2 is 1.82 bits per heavy atom. The minimum absolute atomic E-state index is 0.430. The highest BCUT2D eigenvalue weighted by Crippen LogP contribution is 2.24. The first kappa shape index (κ1) is 15.3. The standard InChI is InChI=1S/C19H25NO2/c1-14(21)15-7-9-16(10-8-15)19-12-11-18(22-19)13-20-17-5-3-2-4-6-17/h7-12,14,17,20-21H,2-6,13H2,1H3. The van der Waals surface area contributed by atoms with E-state index in [2.05, 4.69) is 5.32 Å². The van der Waals surface area contributed by atoms with Gasteiger partial charge >= 0.3 is 0 Å². The van der Waals surface area contributed by atoms with Crippen LogP contribution >= 0.6 is 0 Å². The summed E-state index contributed by atoms with van der Waals surface area (Å²) in [6, 6.07) is 12.6. The fourth-order valence-electron chi connectivity index (χ4n) is 3.11. The van der Waals surface area contributed by atoms with Gasteiger partial charge in [-0.25, -0.2) is 0 Å². The molecule has 0 bridgehead atoms. The van der Waals surface area contributed by atoms with Crippen LogP contribution in [0.25, 0.3) is 11.3 Å². The molecule has 118 valence electrons. The number of aliphatic hydroxyl groups is 1. The molecule has 1 fully saturated rings. The van der Waals surface area contributed by atoms with E-state index in [1.54, 1.807) is 6.92 Å². The minimum atomic E-state index is -0.430. The van der Waals surface area contributed by atoms with Gasteiger partial charge in [0.2, 0.25) is 0 Å². The van der Waals surface area contributed by atoms with Gasteiger partial charge in [0.15, 0.2) is 0 Å². The zero-order chi connectivity index (χ0) is 15.4. The van der Waals surface area contributed by atoms with Crippen molar-refractivity contribution in [2.24, 2.45) is 0 Å². The molecule has 0 aliphatic heterocycles. The molecule has 3 rings (SSSR count). The van der Waals surface area contributed by atoms with Crippen LogP contribution < -0.4 is 5.32 Å². The molecule has 0 saturated heterocycles. The lowest BCUT2D eigenvalue weighted by Gasteiger charge is -2.22. The van der Waals surface area contributed by atoms with Gasteiger partial charge < -0.3 is 14.8 Å². The Balaban J connectivity index is 1.60. The monoisotopic (exact) mass is 299 g/mol. The lowest BCUT2D eigenvalue weighted by Crippen LogP contribution is -2.30. The van der Waals surface area contributed by atoms with Crippen LogP contribution in [0.3, 0.4) is 0 Å². The predicted octanol–water partition coefficient (Wildman–Crippen LogP) is 4.42. The summed E-state index contributed by atoms with van der Waals surface area (Å²) in [6.07, 6.45) is 6.21. The van der Waals surface area contributed by atoms with Gasteiger partial charge in [-0.15, -0.1) is 0 Å². The first-order valence-corrected chi connectivity index (χ1v) is 8.33. The summed E-state index contributed by atoms with van der Waals surface area (Å²) in [5.74, 6) is 1.87. The largest absolute Gasteiger partial charge is 0.460 e. The molecule has 1 saturated carbocycles. The van der Waals surface area contributed by atoms with Crippen LogP contribution in [0.4, 0.5) is 0 Å². The van der Waals surface area contributed by atoms with E-state index in [4.69, 9.17) is 4.42 Å². The molecule has 1 aromatic heterocycles. The van der Waals surface area contributed by atoms with Crippen LogP contribution in [0.5, 0.6) is 0 Å². The van der Waals surface area contributed by atoms with Crippen molar-refractivity contribution in [1.82, 2.24) is 5.32 Å². The van der Waals surface area contributed by atoms with Gasteiger partial charge in [-0.2, -0.15) is 0 Å². The molecule has 3 nitrogen and oxygen atoms in total. The van der Waals surface area contributed by atoms with Crippen LogP contribution in [0.15, 0.2) is 40.8 Å². The number of aliphatic hydroxyl groups excluding tert-OH is 1. The third-order valence-electron chi connectivity index (χ3n) is 4.51. The van der Waals surface area contributed by atoms with Crippen LogP contribution in [0.2, 0.25) is 0 Å². The van der Waals surface area contributed by atoms with E-state index in [1.807, 2.05) is 36.4 Å². The highest BCUT2D eigenvalue weighted by atomic mass is 16.3. The van der Waals surface area contributed by atoms with Gasteiger partial charge in [-0.1, -0.05) is 43.5 Å².